The van der Waals surface area contributed by atoms with E-state index in [2.05, 4.69) is 20.3 Å². The van der Waals surface area contributed by atoms with Crippen LogP contribution >= 0.6 is 0 Å². The molecule has 1 saturated carbocycles. The third-order valence-electron chi connectivity index (χ3n) is 4.82. The SMILES string of the molecule is CCNC(=NCc1ccc(S(=O)(=O)NC)cc1)NCCOC1CCCCCC1. The summed E-state index contributed by atoms with van der Waals surface area (Å²) in [4.78, 5) is 4.82. The van der Waals surface area contributed by atoms with Gasteiger partial charge in [0.2, 0.25) is 10.0 Å². The summed E-state index contributed by atoms with van der Waals surface area (Å²) in [5.74, 6) is 0.735. The van der Waals surface area contributed by atoms with Crippen LogP contribution in [0.5, 0.6) is 0 Å². The number of aliphatic imine (C=N–C) groups is 1. The van der Waals surface area contributed by atoms with Gasteiger partial charge in [-0.1, -0.05) is 37.8 Å². The molecule has 28 heavy (non-hydrogen) atoms. The molecule has 7 nitrogen and oxygen atoms in total. The minimum absolute atomic E-state index is 0.253. The first kappa shape index (κ1) is 22.6. The third-order valence-corrected chi connectivity index (χ3v) is 6.25. The van der Waals surface area contributed by atoms with Crippen molar-refractivity contribution in [1.29, 1.82) is 0 Å². The van der Waals surface area contributed by atoms with Crippen molar-refractivity contribution in [2.75, 3.05) is 26.7 Å². The second-order valence-electron chi connectivity index (χ2n) is 6.96. The topological polar surface area (TPSA) is 91.8 Å². The van der Waals surface area contributed by atoms with Gasteiger partial charge in [0.05, 0.1) is 24.2 Å². The van der Waals surface area contributed by atoms with Gasteiger partial charge < -0.3 is 15.4 Å². The van der Waals surface area contributed by atoms with Crippen molar-refractivity contribution >= 4 is 16.0 Å². The Labute approximate surface area is 169 Å². The van der Waals surface area contributed by atoms with Crippen molar-refractivity contribution in [1.82, 2.24) is 15.4 Å². The number of rotatable bonds is 9. The van der Waals surface area contributed by atoms with Gasteiger partial charge >= 0.3 is 0 Å². The Bertz CT molecular complexity index is 697. The molecule has 8 heteroatoms. The summed E-state index contributed by atoms with van der Waals surface area (Å²) >= 11 is 0. The zero-order valence-electron chi connectivity index (χ0n) is 17.0. The average Bonchev–Trinajstić information content (AvgIpc) is 2.98. The monoisotopic (exact) mass is 410 g/mol. The Balaban J connectivity index is 1.81. The lowest BCUT2D eigenvalue weighted by molar-refractivity contribution is 0.0468. The standard InChI is InChI=1S/C20H34N4O3S/c1-3-22-20(23-14-15-27-18-8-6-4-5-7-9-18)24-16-17-10-12-19(13-11-17)28(25,26)21-2/h10-13,18,21H,3-9,14-16H2,1-2H3,(H2,22,23,24). The van der Waals surface area contributed by atoms with Gasteiger partial charge in [-0.3, -0.25) is 0 Å². The molecule has 0 radical (unpaired) electrons. The highest BCUT2D eigenvalue weighted by atomic mass is 32.2. The molecule has 1 fully saturated rings. The molecule has 0 heterocycles. The van der Waals surface area contributed by atoms with Gasteiger partial charge in [0.25, 0.3) is 0 Å². The number of sulfonamides is 1. The number of nitrogens with zero attached hydrogens (tertiary/aromatic N) is 1. The van der Waals surface area contributed by atoms with Crippen LogP contribution in [0.25, 0.3) is 0 Å². The first-order chi connectivity index (χ1) is 13.5. The van der Waals surface area contributed by atoms with Crippen LogP contribution in [0.2, 0.25) is 0 Å². The predicted octanol–water partition coefficient (Wildman–Crippen LogP) is 2.39. The van der Waals surface area contributed by atoms with Crippen LogP contribution in [0, 0.1) is 0 Å². The molecule has 0 saturated heterocycles. The molecule has 2 rings (SSSR count). The minimum atomic E-state index is -3.41. The minimum Gasteiger partial charge on any atom is -0.376 e. The van der Waals surface area contributed by atoms with Crippen LogP contribution in [0.3, 0.4) is 0 Å². The molecule has 158 valence electrons. The average molecular weight is 411 g/mol. The van der Waals surface area contributed by atoms with Crippen LogP contribution in [-0.2, 0) is 21.3 Å². The molecule has 1 aromatic carbocycles. The van der Waals surface area contributed by atoms with Crippen molar-refractivity contribution in [2.24, 2.45) is 4.99 Å². The Morgan fingerprint density at radius 3 is 2.39 bits per heavy atom. The molecule has 0 unspecified atom stereocenters. The van der Waals surface area contributed by atoms with Crippen LogP contribution in [0.1, 0.15) is 51.0 Å². The van der Waals surface area contributed by atoms with Crippen molar-refractivity contribution < 1.29 is 13.2 Å². The second-order valence-corrected chi connectivity index (χ2v) is 8.84. The van der Waals surface area contributed by atoms with Gasteiger partial charge in [-0.2, -0.15) is 0 Å². The largest absolute Gasteiger partial charge is 0.376 e. The van der Waals surface area contributed by atoms with E-state index in [0.29, 0.717) is 25.8 Å². The normalized spacial score (nSPS) is 16.6. The van der Waals surface area contributed by atoms with Gasteiger partial charge in [-0.25, -0.2) is 18.1 Å². The zero-order chi connectivity index (χ0) is 20.2. The fourth-order valence-electron chi connectivity index (χ4n) is 3.21. The number of hydrogen-bond donors (Lipinski definition) is 3. The number of hydrogen-bond acceptors (Lipinski definition) is 4. The molecule has 1 aromatic rings. The molecule has 0 atom stereocenters. The second kappa shape index (κ2) is 12.0. The third kappa shape index (κ3) is 7.77. The van der Waals surface area contributed by atoms with Crippen LogP contribution in [0.4, 0.5) is 0 Å². The van der Waals surface area contributed by atoms with Crippen molar-refractivity contribution in [3.8, 4) is 0 Å². The first-order valence-corrected chi connectivity index (χ1v) is 11.7. The summed E-state index contributed by atoms with van der Waals surface area (Å²) in [6.07, 6.45) is 7.96. The van der Waals surface area contributed by atoms with E-state index in [4.69, 9.17) is 4.74 Å². The molecule has 0 amide bonds. The Morgan fingerprint density at radius 2 is 1.79 bits per heavy atom. The fourth-order valence-corrected chi connectivity index (χ4v) is 3.94. The Kier molecular flexibility index (Phi) is 9.73. The van der Waals surface area contributed by atoms with Gasteiger partial charge in [0, 0.05) is 13.1 Å². The predicted molar refractivity (Wildman–Crippen MR) is 113 cm³/mol. The molecule has 0 spiro atoms. The molecule has 1 aliphatic rings. The van der Waals surface area contributed by atoms with Gasteiger partial charge in [-0.15, -0.1) is 0 Å². The van der Waals surface area contributed by atoms with E-state index in [1.807, 2.05) is 6.92 Å². The van der Waals surface area contributed by atoms with E-state index < -0.39 is 10.0 Å². The molecular formula is C20H34N4O3S. The highest BCUT2D eigenvalue weighted by molar-refractivity contribution is 7.89. The van der Waals surface area contributed by atoms with Gasteiger partial charge in [0.1, 0.15) is 0 Å². The molecule has 0 aromatic heterocycles. The first-order valence-electron chi connectivity index (χ1n) is 10.2. The lowest BCUT2D eigenvalue weighted by Gasteiger charge is -2.16. The van der Waals surface area contributed by atoms with E-state index >= 15 is 0 Å². The summed E-state index contributed by atoms with van der Waals surface area (Å²) in [6.45, 7) is 4.65. The molecular weight excluding hydrogens is 376 g/mol. The summed E-state index contributed by atoms with van der Waals surface area (Å²) in [5.41, 5.74) is 0.946. The number of nitrogens with one attached hydrogen (secondary N) is 3. The Morgan fingerprint density at radius 1 is 1.11 bits per heavy atom. The molecule has 3 N–H and O–H groups in total. The Hall–Kier alpha value is -1.64. The maximum absolute atomic E-state index is 11.8. The van der Waals surface area contributed by atoms with Gasteiger partial charge in [-0.05, 0) is 44.5 Å². The van der Waals surface area contributed by atoms with E-state index in [1.54, 1.807) is 24.3 Å². The highest BCUT2D eigenvalue weighted by Gasteiger charge is 2.12. The quantitative estimate of drug-likeness (QED) is 0.252. The van der Waals surface area contributed by atoms with Crippen LogP contribution < -0.4 is 15.4 Å². The summed E-state index contributed by atoms with van der Waals surface area (Å²) in [5, 5.41) is 6.52. The number of benzene rings is 1. The fraction of sp³-hybridized carbons (Fsp3) is 0.650. The van der Waals surface area contributed by atoms with Gasteiger partial charge in [0.15, 0.2) is 5.96 Å². The van der Waals surface area contributed by atoms with Crippen LogP contribution in [-0.4, -0.2) is 47.2 Å². The maximum Gasteiger partial charge on any atom is 0.240 e. The molecule has 0 bridgehead atoms. The van der Waals surface area contributed by atoms with Crippen molar-refractivity contribution in [2.45, 2.75) is 63.0 Å². The maximum atomic E-state index is 11.8. The summed E-state index contributed by atoms with van der Waals surface area (Å²) < 4.78 is 31.9. The van der Waals surface area contributed by atoms with E-state index in [9.17, 15) is 8.42 Å². The number of ether oxygens (including phenoxy) is 1. The van der Waals surface area contributed by atoms with E-state index in [-0.39, 0.29) is 4.90 Å². The molecule has 0 aliphatic heterocycles. The van der Waals surface area contributed by atoms with E-state index in [0.717, 1.165) is 18.1 Å². The lowest BCUT2D eigenvalue weighted by atomic mass is 10.1. The lowest BCUT2D eigenvalue weighted by Crippen LogP contribution is -2.39. The highest BCUT2D eigenvalue weighted by Crippen LogP contribution is 2.19. The number of guanidine groups is 1. The zero-order valence-corrected chi connectivity index (χ0v) is 17.9. The summed E-state index contributed by atoms with van der Waals surface area (Å²) in [6, 6.07) is 6.76. The molecule has 1 aliphatic carbocycles. The van der Waals surface area contributed by atoms with Crippen LogP contribution in [0.15, 0.2) is 34.2 Å². The van der Waals surface area contributed by atoms with Crippen molar-refractivity contribution in [3.63, 3.8) is 0 Å². The van der Waals surface area contributed by atoms with E-state index in [1.165, 1.54) is 45.6 Å². The van der Waals surface area contributed by atoms with Crippen molar-refractivity contribution in [3.05, 3.63) is 29.8 Å². The smallest absolute Gasteiger partial charge is 0.240 e. The summed E-state index contributed by atoms with van der Waals surface area (Å²) in [7, 11) is -2.00.